The smallest absolute Gasteiger partial charge is 0.128 e. The van der Waals surface area contributed by atoms with E-state index in [0.717, 1.165) is 23.0 Å². The molecule has 0 saturated heterocycles. The van der Waals surface area contributed by atoms with Gasteiger partial charge in [-0.05, 0) is 25.0 Å². The fraction of sp³-hybridized carbons (Fsp3) is 0.364. The van der Waals surface area contributed by atoms with E-state index >= 15 is 0 Å². The van der Waals surface area contributed by atoms with E-state index in [-0.39, 0.29) is 5.82 Å². The highest BCUT2D eigenvalue weighted by Crippen LogP contribution is 2.21. The van der Waals surface area contributed by atoms with Crippen LogP contribution in [-0.2, 0) is 13.5 Å². The molecule has 0 unspecified atom stereocenters. The number of benzene rings is 1. The normalized spacial score (nSPS) is 11.1. The first-order valence-electron chi connectivity index (χ1n) is 4.75. The van der Waals surface area contributed by atoms with Gasteiger partial charge in [-0.15, -0.1) is 0 Å². The zero-order valence-corrected chi connectivity index (χ0v) is 8.63. The second-order valence-electron chi connectivity index (χ2n) is 3.54. The van der Waals surface area contributed by atoms with E-state index in [9.17, 15) is 4.39 Å². The predicted octanol–water partition coefficient (Wildman–Crippen LogP) is 2.58. The lowest BCUT2D eigenvalue weighted by atomic mass is 10.1. The molecule has 0 fully saturated rings. The third-order valence-corrected chi connectivity index (χ3v) is 2.54. The lowest BCUT2D eigenvalue weighted by Gasteiger charge is -1.98. The Hall–Kier alpha value is -1.38. The Morgan fingerprint density at radius 3 is 2.79 bits per heavy atom. The highest BCUT2D eigenvalue weighted by atomic mass is 19.1. The molecule has 0 aliphatic heterocycles. The quantitative estimate of drug-likeness (QED) is 0.679. The molecule has 0 spiro atoms. The molecule has 0 radical (unpaired) electrons. The van der Waals surface area contributed by atoms with E-state index in [0.29, 0.717) is 5.56 Å². The van der Waals surface area contributed by atoms with Gasteiger partial charge in [0.2, 0.25) is 0 Å². The van der Waals surface area contributed by atoms with Crippen LogP contribution in [0.4, 0.5) is 4.39 Å². The molecule has 1 heterocycles. The minimum absolute atomic E-state index is 0.164. The van der Waals surface area contributed by atoms with Gasteiger partial charge in [0, 0.05) is 18.5 Å². The number of rotatable bonds is 1. The first kappa shape index (κ1) is 9.19. The Morgan fingerprint density at radius 1 is 1.43 bits per heavy atom. The number of halogens is 1. The van der Waals surface area contributed by atoms with Gasteiger partial charge in [0.25, 0.3) is 0 Å². The summed E-state index contributed by atoms with van der Waals surface area (Å²) in [5.74, 6) is -0.164. The van der Waals surface area contributed by atoms with Crippen LogP contribution in [0.25, 0.3) is 10.9 Å². The maximum Gasteiger partial charge on any atom is 0.128 e. The van der Waals surface area contributed by atoms with Crippen molar-refractivity contribution in [2.45, 2.75) is 20.3 Å². The first-order valence-corrected chi connectivity index (χ1v) is 4.75. The SMILES string of the molecule is CCc1nn(C)c2cc(F)c(C)cc12. The number of aryl methyl sites for hydroxylation is 3. The molecule has 0 atom stereocenters. The van der Waals surface area contributed by atoms with Crippen LogP contribution < -0.4 is 0 Å². The molecule has 1 aromatic heterocycles. The molecule has 0 N–H and O–H groups in total. The molecule has 3 heteroatoms. The van der Waals surface area contributed by atoms with Crippen molar-refractivity contribution in [3.63, 3.8) is 0 Å². The van der Waals surface area contributed by atoms with Gasteiger partial charge < -0.3 is 0 Å². The van der Waals surface area contributed by atoms with Crippen LogP contribution in [-0.4, -0.2) is 9.78 Å². The minimum Gasteiger partial charge on any atom is -0.268 e. The summed E-state index contributed by atoms with van der Waals surface area (Å²) in [6.07, 6.45) is 0.877. The van der Waals surface area contributed by atoms with Crippen LogP contribution in [0.15, 0.2) is 12.1 Å². The average Bonchev–Trinajstić information content (AvgIpc) is 2.45. The molecule has 0 aliphatic rings. The Morgan fingerprint density at radius 2 is 2.14 bits per heavy atom. The van der Waals surface area contributed by atoms with Gasteiger partial charge in [-0.2, -0.15) is 5.10 Å². The molecule has 2 nitrogen and oxygen atoms in total. The maximum atomic E-state index is 13.3. The Bertz CT molecular complexity index is 485. The van der Waals surface area contributed by atoms with Crippen molar-refractivity contribution in [3.05, 3.63) is 29.2 Å². The lowest BCUT2D eigenvalue weighted by Crippen LogP contribution is -1.91. The Kier molecular flexibility index (Phi) is 2.02. The largest absolute Gasteiger partial charge is 0.268 e. The average molecular weight is 192 g/mol. The van der Waals surface area contributed by atoms with Crippen molar-refractivity contribution in [2.24, 2.45) is 7.05 Å². The molecule has 0 amide bonds. The molecule has 0 aliphatic carbocycles. The van der Waals surface area contributed by atoms with Crippen LogP contribution >= 0.6 is 0 Å². The van der Waals surface area contributed by atoms with Crippen LogP contribution in [0.5, 0.6) is 0 Å². The van der Waals surface area contributed by atoms with Gasteiger partial charge in [-0.3, -0.25) is 4.68 Å². The number of hydrogen-bond acceptors (Lipinski definition) is 1. The molecule has 0 bridgehead atoms. The number of fused-ring (bicyclic) bond motifs is 1. The second-order valence-corrected chi connectivity index (χ2v) is 3.54. The second kappa shape index (κ2) is 3.08. The molecule has 2 rings (SSSR count). The molecular formula is C11H13FN2. The fourth-order valence-corrected chi connectivity index (χ4v) is 1.72. The molecule has 2 aromatic rings. The minimum atomic E-state index is -0.164. The van der Waals surface area contributed by atoms with Gasteiger partial charge in [0.05, 0.1) is 11.2 Å². The van der Waals surface area contributed by atoms with Crippen molar-refractivity contribution in [1.82, 2.24) is 9.78 Å². The summed E-state index contributed by atoms with van der Waals surface area (Å²) in [6, 6.07) is 3.42. The molecule has 74 valence electrons. The van der Waals surface area contributed by atoms with Gasteiger partial charge in [-0.25, -0.2) is 4.39 Å². The topological polar surface area (TPSA) is 17.8 Å². The van der Waals surface area contributed by atoms with Crippen molar-refractivity contribution in [2.75, 3.05) is 0 Å². The molecule has 1 aromatic carbocycles. The van der Waals surface area contributed by atoms with Crippen molar-refractivity contribution < 1.29 is 4.39 Å². The van der Waals surface area contributed by atoms with Crippen molar-refractivity contribution >= 4 is 10.9 Å². The van der Waals surface area contributed by atoms with Gasteiger partial charge in [-0.1, -0.05) is 6.92 Å². The van der Waals surface area contributed by atoms with Crippen LogP contribution in [0, 0.1) is 12.7 Å². The van der Waals surface area contributed by atoms with E-state index in [4.69, 9.17) is 0 Å². The summed E-state index contributed by atoms with van der Waals surface area (Å²) < 4.78 is 15.0. The summed E-state index contributed by atoms with van der Waals surface area (Å²) in [5.41, 5.74) is 2.58. The third kappa shape index (κ3) is 1.20. The number of nitrogens with zero attached hydrogens (tertiary/aromatic N) is 2. The monoisotopic (exact) mass is 192 g/mol. The van der Waals surface area contributed by atoms with E-state index in [1.54, 1.807) is 17.7 Å². The summed E-state index contributed by atoms with van der Waals surface area (Å²) in [7, 11) is 1.84. The molecule has 0 saturated carbocycles. The number of aromatic nitrogens is 2. The zero-order valence-electron chi connectivity index (χ0n) is 8.63. The van der Waals surface area contributed by atoms with Gasteiger partial charge in [0.1, 0.15) is 5.82 Å². The highest BCUT2D eigenvalue weighted by molar-refractivity contribution is 5.82. The van der Waals surface area contributed by atoms with Crippen LogP contribution in [0.1, 0.15) is 18.2 Å². The summed E-state index contributed by atoms with van der Waals surface area (Å²) in [4.78, 5) is 0. The van der Waals surface area contributed by atoms with E-state index in [1.807, 2.05) is 13.1 Å². The summed E-state index contributed by atoms with van der Waals surface area (Å²) in [6.45, 7) is 3.83. The first-order chi connectivity index (χ1) is 6.63. The fourth-order valence-electron chi connectivity index (χ4n) is 1.72. The van der Waals surface area contributed by atoms with Gasteiger partial charge in [0.15, 0.2) is 0 Å². The maximum absolute atomic E-state index is 13.3. The summed E-state index contributed by atoms with van der Waals surface area (Å²) in [5, 5.41) is 5.40. The predicted molar refractivity (Wildman–Crippen MR) is 54.8 cm³/mol. The van der Waals surface area contributed by atoms with Crippen molar-refractivity contribution in [1.29, 1.82) is 0 Å². The Balaban J connectivity index is 2.84. The lowest BCUT2D eigenvalue weighted by molar-refractivity contribution is 0.619. The highest BCUT2D eigenvalue weighted by Gasteiger charge is 2.09. The van der Waals surface area contributed by atoms with Crippen LogP contribution in [0.2, 0.25) is 0 Å². The van der Waals surface area contributed by atoms with Crippen molar-refractivity contribution in [3.8, 4) is 0 Å². The molecular weight excluding hydrogens is 179 g/mol. The standard InChI is InChI=1S/C11H13FN2/c1-4-10-8-5-7(2)9(12)6-11(8)14(3)13-10/h5-6H,4H2,1-3H3. The third-order valence-electron chi connectivity index (χ3n) is 2.54. The Labute approximate surface area is 82.3 Å². The molecule has 14 heavy (non-hydrogen) atoms. The van der Waals surface area contributed by atoms with E-state index in [2.05, 4.69) is 12.0 Å². The summed E-state index contributed by atoms with van der Waals surface area (Å²) >= 11 is 0. The zero-order chi connectivity index (χ0) is 10.3. The van der Waals surface area contributed by atoms with Crippen LogP contribution in [0.3, 0.4) is 0 Å². The van der Waals surface area contributed by atoms with Gasteiger partial charge >= 0.3 is 0 Å². The van der Waals surface area contributed by atoms with E-state index in [1.165, 1.54) is 0 Å². The number of hydrogen-bond donors (Lipinski definition) is 0. The van der Waals surface area contributed by atoms with E-state index < -0.39 is 0 Å².